The van der Waals surface area contributed by atoms with Crippen LogP contribution in [0.1, 0.15) is 13.8 Å². The van der Waals surface area contributed by atoms with Crippen molar-refractivity contribution in [1.29, 1.82) is 0 Å². The van der Waals surface area contributed by atoms with E-state index >= 15 is 0 Å². The predicted molar refractivity (Wildman–Crippen MR) is 68.7 cm³/mol. The molecule has 0 saturated carbocycles. The van der Waals surface area contributed by atoms with Gasteiger partial charge in [0.05, 0.1) is 0 Å². The molecular weight excluding hydrogens is 289 g/mol. The normalized spacial score (nSPS) is 12.8. The maximum absolute atomic E-state index is 13.0. The molecule has 1 rings (SSSR count). The Morgan fingerprint density at radius 3 is 2.71 bits per heavy atom. The summed E-state index contributed by atoms with van der Waals surface area (Å²) in [5.41, 5.74) is 0. The number of nitrogens with one attached hydrogen (secondary N) is 1. The van der Waals surface area contributed by atoms with Crippen molar-refractivity contribution in [1.82, 2.24) is 5.32 Å². The number of halogens is 2. The predicted octanol–water partition coefficient (Wildman–Crippen LogP) is 2.33. The molecular formula is C12H17BrFNO2. The summed E-state index contributed by atoms with van der Waals surface area (Å²) in [6.45, 7) is 4.58. The molecule has 3 nitrogen and oxygen atoms in total. The van der Waals surface area contributed by atoms with E-state index in [0.29, 0.717) is 22.8 Å². The second kappa shape index (κ2) is 6.93. The largest absolute Gasteiger partial charge is 0.491 e. The molecule has 0 aliphatic rings. The lowest BCUT2D eigenvalue weighted by Crippen LogP contribution is -2.35. The van der Waals surface area contributed by atoms with E-state index in [0.717, 1.165) is 0 Å². The van der Waals surface area contributed by atoms with Gasteiger partial charge < -0.3 is 15.2 Å². The SMILES string of the molecule is CC(C)NCC(O)COc1cc(F)cc(Br)c1. The highest BCUT2D eigenvalue weighted by atomic mass is 79.9. The first-order valence-electron chi connectivity index (χ1n) is 5.47. The van der Waals surface area contributed by atoms with Crippen molar-refractivity contribution >= 4 is 15.9 Å². The molecule has 17 heavy (non-hydrogen) atoms. The highest BCUT2D eigenvalue weighted by Gasteiger charge is 2.07. The van der Waals surface area contributed by atoms with Gasteiger partial charge in [-0.25, -0.2) is 4.39 Å². The zero-order valence-corrected chi connectivity index (χ0v) is 11.5. The first-order chi connectivity index (χ1) is 7.97. The Balaban J connectivity index is 2.39. The molecule has 0 fully saturated rings. The number of ether oxygens (including phenoxy) is 1. The van der Waals surface area contributed by atoms with Gasteiger partial charge in [0, 0.05) is 23.1 Å². The van der Waals surface area contributed by atoms with Crippen LogP contribution in [0, 0.1) is 5.82 Å². The maximum atomic E-state index is 13.0. The lowest BCUT2D eigenvalue weighted by atomic mass is 10.3. The fourth-order valence-corrected chi connectivity index (χ4v) is 1.68. The highest BCUT2D eigenvalue weighted by molar-refractivity contribution is 9.10. The summed E-state index contributed by atoms with van der Waals surface area (Å²) in [6.07, 6.45) is -0.612. The van der Waals surface area contributed by atoms with Gasteiger partial charge in [0.15, 0.2) is 0 Å². The van der Waals surface area contributed by atoms with E-state index in [1.165, 1.54) is 12.1 Å². The molecule has 0 amide bonds. The first kappa shape index (κ1) is 14.4. The second-order valence-corrected chi connectivity index (χ2v) is 5.05. The molecule has 1 atom stereocenters. The van der Waals surface area contributed by atoms with Crippen molar-refractivity contribution in [2.75, 3.05) is 13.2 Å². The first-order valence-corrected chi connectivity index (χ1v) is 6.27. The van der Waals surface area contributed by atoms with Gasteiger partial charge >= 0.3 is 0 Å². The zero-order chi connectivity index (χ0) is 12.8. The van der Waals surface area contributed by atoms with Crippen LogP contribution in [0.4, 0.5) is 4.39 Å². The van der Waals surface area contributed by atoms with Gasteiger partial charge in [0.25, 0.3) is 0 Å². The monoisotopic (exact) mass is 305 g/mol. The van der Waals surface area contributed by atoms with Gasteiger partial charge in [-0.1, -0.05) is 29.8 Å². The molecule has 1 unspecified atom stereocenters. The number of aliphatic hydroxyl groups is 1. The van der Waals surface area contributed by atoms with Gasteiger partial charge in [-0.2, -0.15) is 0 Å². The summed E-state index contributed by atoms with van der Waals surface area (Å²) in [5, 5.41) is 12.7. The average molecular weight is 306 g/mol. The highest BCUT2D eigenvalue weighted by Crippen LogP contribution is 2.20. The number of aliphatic hydroxyl groups excluding tert-OH is 1. The van der Waals surface area contributed by atoms with E-state index in [2.05, 4.69) is 21.2 Å². The summed E-state index contributed by atoms with van der Waals surface area (Å²) in [5.74, 6) is 0.0321. The molecule has 0 spiro atoms. The van der Waals surface area contributed by atoms with Crippen molar-refractivity contribution < 1.29 is 14.2 Å². The van der Waals surface area contributed by atoms with E-state index in [-0.39, 0.29) is 12.4 Å². The third-order valence-electron chi connectivity index (χ3n) is 2.04. The van der Waals surface area contributed by atoms with Gasteiger partial charge in [0.2, 0.25) is 0 Å². The lowest BCUT2D eigenvalue weighted by Gasteiger charge is -2.15. The number of hydrogen-bond acceptors (Lipinski definition) is 3. The Morgan fingerprint density at radius 2 is 2.12 bits per heavy atom. The zero-order valence-electron chi connectivity index (χ0n) is 9.91. The fraction of sp³-hybridized carbons (Fsp3) is 0.500. The van der Waals surface area contributed by atoms with Crippen LogP contribution in [0.15, 0.2) is 22.7 Å². The Morgan fingerprint density at radius 1 is 1.41 bits per heavy atom. The minimum Gasteiger partial charge on any atom is -0.491 e. The molecule has 0 aliphatic heterocycles. The second-order valence-electron chi connectivity index (χ2n) is 4.13. The van der Waals surface area contributed by atoms with Crippen LogP contribution >= 0.6 is 15.9 Å². The summed E-state index contributed by atoms with van der Waals surface area (Å²) in [4.78, 5) is 0. The molecule has 0 radical (unpaired) electrons. The van der Waals surface area contributed by atoms with Crippen LogP contribution in [0.2, 0.25) is 0 Å². The molecule has 0 aliphatic carbocycles. The molecule has 1 aromatic rings. The summed E-state index contributed by atoms with van der Waals surface area (Å²) in [7, 11) is 0. The summed E-state index contributed by atoms with van der Waals surface area (Å²) < 4.78 is 18.9. The van der Waals surface area contributed by atoms with E-state index in [1.54, 1.807) is 6.07 Å². The molecule has 0 heterocycles. The summed E-state index contributed by atoms with van der Waals surface area (Å²) >= 11 is 3.17. The van der Waals surface area contributed by atoms with Crippen molar-refractivity contribution in [3.8, 4) is 5.75 Å². The molecule has 0 saturated heterocycles. The Hall–Kier alpha value is -0.650. The van der Waals surface area contributed by atoms with E-state index in [4.69, 9.17) is 4.74 Å². The number of benzene rings is 1. The van der Waals surface area contributed by atoms with Crippen LogP contribution in [0.3, 0.4) is 0 Å². The van der Waals surface area contributed by atoms with Crippen molar-refractivity contribution in [2.45, 2.75) is 26.0 Å². The van der Waals surface area contributed by atoms with E-state index < -0.39 is 6.10 Å². The lowest BCUT2D eigenvalue weighted by molar-refractivity contribution is 0.104. The van der Waals surface area contributed by atoms with Gasteiger partial charge in [-0.3, -0.25) is 0 Å². The fourth-order valence-electron chi connectivity index (χ4n) is 1.23. The quantitative estimate of drug-likeness (QED) is 0.847. The van der Waals surface area contributed by atoms with Crippen LogP contribution < -0.4 is 10.1 Å². The van der Waals surface area contributed by atoms with Crippen molar-refractivity contribution in [2.24, 2.45) is 0 Å². The Kier molecular flexibility index (Phi) is 5.88. The third kappa shape index (κ3) is 6.00. The minimum absolute atomic E-state index is 0.135. The third-order valence-corrected chi connectivity index (χ3v) is 2.50. The van der Waals surface area contributed by atoms with Gasteiger partial charge in [0.1, 0.15) is 24.3 Å². The minimum atomic E-state index is -0.612. The smallest absolute Gasteiger partial charge is 0.128 e. The van der Waals surface area contributed by atoms with Crippen LogP contribution in [0.5, 0.6) is 5.75 Å². The molecule has 1 aromatic carbocycles. The standard InChI is InChI=1S/C12H17BrFNO2/c1-8(2)15-6-11(16)7-17-12-4-9(13)3-10(14)5-12/h3-5,8,11,15-16H,6-7H2,1-2H3. The Bertz CT molecular complexity index is 340. The topological polar surface area (TPSA) is 41.5 Å². The molecule has 2 N–H and O–H groups in total. The molecule has 96 valence electrons. The van der Waals surface area contributed by atoms with Crippen molar-refractivity contribution in [3.05, 3.63) is 28.5 Å². The van der Waals surface area contributed by atoms with Crippen LogP contribution in [0.25, 0.3) is 0 Å². The van der Waals surface area contributed by atoms with E-state index in [1.807, 2.05) is 13.8 Å². The molecule has 0 aromatic heterocycles. The van der Waals surface area contributed by atoms with Crippen LogP contribution in [-0.4, -0.2) is 30.4 Å². The average Bonchev–Trinajstić information content (AvgIpc) is 2.22. The molecule has 5 heteroatoms. The maximum Gasteiger partial charge on any atom is 0.128 e. The van der Waals surface area contributed by atoms with Gasteiger partial charge in [-0.15, -0.1) is 0 Å². The number of rotatable bonds is 6. The molecule has 0 bridgehead atoms. The van der Waals surface area contributed by atoms with E-state index in [9.17, 15) is 9.50 Å². The van der Waals surface area contributed by atoms with Gasteiger partial charge in [-0.05, 0) is 12.1 Å². The van der Waals surface area contributed by atoms with Crippen molar-refractivity contribution in [3.63, 3.8) is 0 Å². The summed E-state index contributed by atoms with van der Waals surface area (Å²) in [6, 6.07) is 4.61. The van der Waals surface area contributed by atoms with Crippen LogP contribution in [-0.2, 0) is 0 Å². The Labute approximate surface area is 109 Å². The number of hydrogen-bond donors (Lipinski definition) is 2.